The van der Waals surface area contributed by atoms with Crippen molar-refractivity contribution in [2.24, 2.45) is 0 Å². The number of hydrogen-bond acceptors (Lipinski definition) is 7. The number of nitrogens with one attached hydrogen (secondary N) is 2. The molecule has 1 fully saturated rings. The molecule has 3 aromatic heterocycles. The highest BCUT2D eigenvalue weighted by Crippen LogP contribution is 2.29. The largest absolute Gasteiger partial charge is 0.378 e. The van der Waals surface area contributed by atoms with Crippen LogP contribution in [-0.2, 0) is 21.4 Å². The molecule has 5 rings (SSSR count). The number of carbonyl (C=O) groups is 1. The maximum absolute atomic E-state index is 12.5. The molecule has 0 aliphatic carbocycles. The lowest BCUT2D eigenvalue weighted by Gasteiger charge is -2.27. The number of aromatic amines is 1. The number of carbonyl (C=O) groups excluding carboxylic acids is 1. The summed E-state index contributed by atoms with van der Waals surface area (Å²) in [5.74, 6) is 1.27. The third-order valence-corrected chi connectivity index (χ3v) is 6.08. The second-order valence-electron chi connectivity index (χ2n) is 9.68. The molecule has 1 amide bonds. The van der Waals surface area contributed by atoms with Crippen LogP contribution in [0.3, 0.4) is 0 Å². The Morgan fingerprint density at radius 1 is 1.06 bits per heavy atom. The van der Waals surface area contributed by atoms with Gasteiger partial charge in [0, 0.05) is 36.9 Å². The van der Waals surface area contributed by atoms with Crippen LogP contribution in [0.5, 0.6) is 0 Å². The van der Waals surface area contributed by atoms with Gasteiger partial charge in [0.25, 0.3) is 0 Å². The van der Waals surface area contributed by atoms with E-state index >= 15 is 0 Å². The zero-order chi connectivity index (χ0) is 24.4. The average molecular weight is 472 g/mol. The van der Waals surface area contributed by atoms with Gasteiger partial charge in [0.05, 0.1) is 25.0 Å². The first kappa shape index (κ1) is 22.9. The van der Waals surface area contributed by atoms with E-state index in [1.54, 1.807) is 18.7 Å². The number of fused-ring (bicyclic) bond motifs is 1. The van der Waals surface area contributed by atoms with E-state index in [1.807, 2.05) is 24.3 Å². The fourth-order valence-corrected chi connectivity index (χ4v) is 4.02. The van der Waals surface area contributed by atoms with Gasteiger partial charge in [-0.05, 0) is 34.7 Å². The number of ether oxygens (including phenoxy) is 1. The number of anilines is 2. The topological polar surface area (TPSA) is 109 Å². The van der Waals surface area contributed by atoms with Gasteiger partial charge < -0.3 is 19.9 Å². The van der Waals surface area contributed by atoms with E-state index in [-0.39, 0.29) is 17.7 Å². The van der Waals surface area contributed by atoms with Crippen LogP contribution in [0.4, 0.5) is 11.5 Å². The van der Waals surface area contributed by atoms with Crippen molar-refractivity contribution in [3.8, 4) is 11.3 Å². The maximum Gasteiger partial charge on any atom is 0.232 e. The van der Waals surface area contributed by atoms with E-state index in [1.165, 1.54) is 0 Å². The van der Waals surface area contributed by atoms with E-state index in [2.05, 4.69) is 62.0 Å². The van der Waals surface area contributed by atoms with Crippen molar-refractivity contribution in [3.63, 3.8) is 0 Å². The molecule has 0 atom stereocenters. The van der Waals surface area contributed by atoms with Gasteiger partial charge >= 0.3 is 0 Å². The Bertz CT molecular complexity index is 1320. The van der Waals surface area contributed by atoms with E-state index in [0.717, 1.165) is 52.4 Å². The van der Waals surface area contributed by atoms with E-state index in [0.29, 0.717) is 19.0 Å². The summed E-state index contributed by atoms with van der Waals surface area (Å²) < 4.78 is 5.47. The first-order valence-corrected chi connectivity index (χ1v) is 11.7. The fraction of sp³-hybridized carbons (Fsp3) is 0.346. The number of amides is 1. The molecule has 0 spiro atoms. The van der Waals surface area contributed by atoms with Crippen molar-refractivity contribution < 1.29 is 9.53 Å². The summed E-state index contributed by atoms with van der Waals surface area (Å²) in [5, 5.41) is 3.91. The van der Waals surface area contributed by atoms with Crippen molar-refractivity contribution in [2.45, 2.75) is 32.6 Å². The minimum atomic E-state index is -0.155. The van der Waals surface area contributed by atoms with Crippen LogP contribution in [0.2, 0.25) is 0 Å². The molecule has 180 valence electrons. The zero-order valence-electron chi connectivity index (χ0n) is 20.2. The second-order valence-corrected chi connectivity index (χ2v) is 9.68. The molecule has 9 nitrogen and oxygen atoms in total. The van der Waals surface area contributed by atoms with Crippen molar-refractivity contribution in [1.29, 1.82) is 0 Å². The normalized spacial score (nSPS) is 14.3. The van der Waals surface area contributed by atoms with E-state index in [9.17, 15) is 4.79 Å². The molecular weight excluding hydrogens is 442 g/mol. The average Bonchev–Trinajstić information content (AvgIpc) is 3.29. The number of morpholine rings is 1. The summed E-state index contributed by atoms with van der Waals surface area (Å²) in [7, 11) is 0. The molecule has 1 aliphatic rings. The van der Waals surface area contributed by atoms with Gasteiger partial charge in [-0.15, -0.1) is 0 Å². The molecule has 9 heteroatoms. The number of hydrogen-bond donors (Lipinski definition) is 2. The van der Waals surface area contributed by atoms with Gasteiger partial charge in [-0.25, -0.2) is 19.9 Å². The van der Waals surface area contributed by atoms with Gasteiger partial charge in [-0.3, -0.25) is 4.79 Å². The van der Waals surface area contributed by atoms with E-state index < -0.39 is 0 Å². The zero-order valence-corrected chi connectivity index (χ0v) is 20.2. The quantitative estimate of drug-likeness (QED) is 0.456. The summed E-state index contributed by atoms with van der Waals surface area (Å²) in [6.45, 7) is 9.34. The Labute approximate surface area is 204 Å². The summed E-state index contributed by atoms with van der Waals surface area (Å²) >= 11 is 0. The van der Waals surface area contributed by atoms with Crippen LogP contribution in [0.25, 0.3) is 22.3 Å². The highest BCUT2D eigenvalue weighted by atomic mass is 16.5. The minimum absolute atomic E-state index is 0.0236. The maximum atomic E-state index is 12.5. The lowest BCUT2D eigenvalue weighted by molar-refractivity contribution is -0.115. The van der Waals surface area contributed by atoms with Crippen molar-refractivity contribution >= 4 is 28.4 Å². The summed E-state index contributed by atoms with van der Waals surface area (Å²) in [6, 6.07) is 9.79. The molecular formula is C26H29N7O2. The Balaban J connectivity index is 1.27. The van der Waals surface area contributed by atoms with Crippen molar-refractivity contribution in [2.75, 3.05) is 36.5 Å². The molecule has 1 aromatic carbocycles. The molecule has 2 N–H and O–H groups in total. The first-order chi connectivity index (χ1) is 16.9. The lowest BCUT2D eigenvalue weighted by Crippen LogP contribution is -2.36. The molecule has 4 heterocycles. The third kappa shape index (κ3) is 5.14. The van der Waals surface area contributed by atoms with Crippen LogP contribution in [0.1, 0.15) is 32.2 Å². The number of aromatic nitrogens is 5. The first-order valence-electron chi connectivity index (χ1n) is 11.7. The smallest absolute Gasteiger partial charge is 0.232 e. The van der Waals surface area contributed by atoms with Gasteiger partial charge in [-0.1, -0.05) is 32.9 Å². The van der Waals surface area contributed by atoms with Gasteiger partial charge in [-0.2, -0.15) is 0 Å². The predicted molar refractivity (Wildman–Crippen MR) is 135 cm³/mol. The fourth-order valence-electron chi connectivity index (χ4n) is 4.02. The lowest BCUT2D eigenvalue weighted by atomic mass is 9.89. The van der Waals surface area contributed by atoms with E-state index in [4.69, 9.17) is 4.74 Å². The summed E-state index contributed by atoms with van der Waals surface area (Å²) in [6.07, 6.45) is 5.29. The summed E-state index contributed by atoms with van der Waals surface area (Å²) in [4.78, 5) is 35.7. The molecule has 0 bridgehead atoms. The Morgan fingerprint density at radius 3 is 2.46 bits per heavy atom. The van der Waals surface area contributed by atoms with Gasteiger partial charge in [0.15, 0.2) is 0 Å². The Hall–Kier alpha value is -3.85. The molecule has 1 saturated heterocycles. The number of rotatable bonds is 5. The molecule has 0 unspecified atom stereocenters. The minimum Gasteiger partial charge on any atom is -0.378 e. The highest BCUT2D eigenvalue weighted by molar-refractivity contribution is 5.93. The van der Waals surface area contributed by atoms with Gasteiger partial charge in [0.2, 0.25) is 5.91 Å². The monoisotopic (exact) mass is 471 g/mol. The Kier molecular flexibility index (Phi) is 6.17. The third-order valence-electron chi connectivity index (χ3n) is 6.08. The van der Waals surface area contributed by atoms with Crippen molar-refractivity contribution in [1.82, 2.24) is 24.9 Å². The predicted octanol–water partition coefficient (Wildman–Crippen LogP) is 3.73. The van der Waals surface area contributed by atoms with Crippen LogP contribution >= 0.6 is 0 Å². The number of benzene rings is 1. The summed E-state index contributed by atoms with van der Waals surface area (Å²) in [5.41, 5.74) is 4.47. The second kappa shape index (κ2) is 9.42. The highest BCUT2D eigenvalue weighted by Gasteiger charge is 2.18. The van der Waals surface area contributed by atoms with Gasteiger partial charge in [0.1, 0.15) is 23.6 Å². The van der Waals surface area contributed by atoms with Crippen LogP contribution in [0.15, 0.2) is 49.1 Å². The Morgan fingerprint density at radius 2 is 1.77 bits per heavy atom. The molecule has 1 aliphatic heterocycles. The number of nitrogens with zero attached hydrogens (tertiary/aromatic N) is 5. The van der Waals surface area contributed by atoms with Crippen LogP contribution < -0.4 is 10.2 Å². The van der Waals surface area contributed by atoms with Crippen LogP contribution in [-0.4, -0.2) is 57.1 Å². The molecule has 35 heavy (non-hydrogen) atoms. The molecule has 4 aromatic rings. The number of H-pyrrole nitrogens is 1. The van der Waals surface area contributed by atoms with Crippen LogP contribution in [0, 0.1) is 0 Å². The molecule has 0 radical (unpaired) electrons. The molecule has 0 saturated carbocycles. The SMILES string of the molecule is CC(C)(C)c1cnc(CC(=O)Nc2ccc(-c3cc4c(N5CCOCC5)ncnc4[nH]3)cc2)nc1. The standard InChI is InChI=1S/C26H29N7O2/c1-26(2,3)18-14-27-22(28-15-18)13-23(34)31-19-6-4-17(5-7-19)21-12-20-24(32-21)29-16-30-25(20)33-8-10-35-11-9-33/h4-7,12,14-16H,8-11,13H2,1-3H3,(H,31,34)(H,29,30,32). The van der Waals surface area contributed by atoms with Crippen molar-refractivity contribution in [3.05, 3.63) is 60.4 Å².